The van der Waals surface area contributed by atoms with Gasteiger partial charge in [-0.3, -0.25) is 4.90 Å². The SMILES string of the molecule is C#CCCCN1CCNCC1c1ccccc1. The maximum Gasteiger partial charge on any atom is 0.0473 e. The molecule has 1 aliphatic heterocycles. The highest BCUT2D eigenvalue weighted by Gasteiger charge is 2.22. The zero-order chi connectivity index (χ0) is 11.9. The van der Waals surface area contributed by atoms with Gasteiger partial charge in [-0.15, -0.1) is 12.3 Å². The minimum absolute atomic E-state index is 0.503. The summed E-state index contributed by atoms with van der Waals surface area (Å²) in [4.78, 5) is 2.54. The number of rotatable bonds is 4. The van der Waals surface area contributed by atoms with Gasteiger partial charge in [-0.25, -0.2) is 0 Å². The highest BCUT2D eigenvalue weighted by Crippen LogP contribution is 2.22. The number of terminal acetylenes is 1. The topological polar surface area (TPSA) is 15.3 Å². The lowest BCUT2D eigenvalue weighted by Gasteiger charge is -2.36. The molecular formula is C15H20N2. The largest absolute Gasteiger partial charge is 0.314 e. The van der Waals surface area contributed by atoms with Crippen LogP contribution in [0.3, 0.4) is 0 Å². The van der Waals surface area contributed by atoms with E-state index in [0.717, 1.165) is 39.0 Å². The van der Waals surface area contributed by atoms with Gasteiger partial charge in [-0.05, 0) is 18.5 Å². The van der Waals surface area contributed by atoms with Crippen molar-refractivity contribution in [3.63, 3.8) is 0 Å². The Morgan fingerprint density at radius 1 is 1.35 bits per heavy atom. The number of hydrogen-bond donors (Lipinski definition) is 1. The Morgan fingerprint density at radius 2 is 2.18 bits per heavy atom. The molecule has 1 heterocycles. The third kappa shape index (κ3) is 3.33. The molecule has 1 atom stereocenters. The molecule has 0 aliphatic carbocycles. The van der Waals surface area contributed by atoms with Gasteiger partial charge in [-0.2, -0.15) is 0 Å². The average Bonchev–Trinajstić information content (AvgIpc) is 2.41. The van der Waals surface area contributed by atoms with Crippen LogP contribution >= 0.6 is 0 Å². The van der Waals surface area contributed by atoms with E-state index in [2.05, 4.69) is 46.5 Å². The maximum atomic E-state index is 5.31. The second kappa shape index (κ2) is 6.44. The molecule has 1 saturated heterocycles. The van der Waals surface area contributed by atoms with Crippen LogP contribution in [0.2, 0.25) is 0 Å². The molecule has 1 N–H and O–H groups in total. The molecule has 2 heteroatoms. The minimum Gasteiger partial charge on any atom is -0.314 e. The van der Waals surface area contributed by atoms with Crippen LogP contribution in [0.4, 0.5) is 0 Å². The van der Waals surface area contributed by atoms with Crippen LogP contribution in [0.15, 0.2) is 30.3 Å². The van der Waals surface area contributed by atoms with Gasteiger partial charge in [0.25, 0.3) is 0 Å². The van der Waals surface area contributed by atoms with E-state index in [-0.39, 0.29) is 0 Å². The zero-order valence-electron chi connectivity index (χ0n) is 10.2. The summed E-state index contributed by atoms with van der Waals surface area (Å²) in [7, 11) is 0. The number of unbranched alkanes of at least 4 members (excludes halogenated alkanes) is 1. The molecule has 1 aliphatic rings. The fourth-order valence-corrected chi connectivity index (χ4v) is 2.40. The summed E-state index contributed by atoms with van der Waals surface area (Å²) < 4.78 is 0. The number of nitrogens with zero attached hydrogens (tertiary/aromatic N) is 1. The summed E-state index contributed by atoms with van der Waals surface area (Å²) in [5.41, 5.74) is 1.40. The Morgan fingerprint density at radius 3 is 2.94 bits per heavy atom. The van der Waals surface area contributed by atoms with E-state index in [1.165, 1.54) is 5.56 Å². The van der Waals surface area contributed by atoms with E-state index >= 15 is 0 Å². The van der Waals surface area contributed by atoms with Crippen molar-refractivity contribution in [1.29, 1.82) is 0 Å². The molecule has 1 unspecified atom stereocenters. The lowest BCUT2D eigenvalue weighted by Crippen LogP contribution is -2.46. The Balaban J connectivity index is 2.00. The molecule has 0 aromatic heterocycles. The summed E-state index contributed by atoms with van der Waals surface area (Å²) in [6, 6.07) is 11.2. The molecule has 90 valence electrons. The molecule has 0 amide bonds. The van der Waals surface area contributed by atoms with Crippen LogP contribution in [-0.2, 0) is 0 Å². The van der Waals surface area contributed by atoms with Gasteiger partial charge < -0.3 is 5.32 Å². The minimum atomic E-state index is 0.503. The molecule has 0 spiro atoms. The van der Waals surface area contributed by atoms with Crippen molar-refractivity contribution < 1.29 is 0 Å². The number of hydrogen-bond acceptors (Lipinski definition) is 2. The molecule has 1 fully saturated rings. The van der Waals surface area contributed by atoms with Crippen LogP contribution in [0, 0.1) is 12.3 Å². The Kier molecular flexibility index (Phi) is 4.61. The summed E-state index contributed by atoms with van der Waals surface area (Å²) in [6.45, 7) is 4.34. The van der Waals surface area contributed by atoms with E-state index in [1.54, 1.807) is 0 Å². The van der Waals surface area contributed by atoms with E-state index in [0.29, 0.717) is 6.04 Å². The molecule has 2 rings (SSSR count). The molecule has 1 aromatic rings. The molecular weight excluding hydrogens is 208 g/mol. The number of nitrogens with one attached hydrogen (secondary N) is 1. The maximum absolute atomic E-state index is 5.31. The third-order valence-corrected chi connectivity index (χ3v) is 3.31. The van der Waals surface area contributed by atoms with Gasteiger partial charge in [-0.1, -0.05) is 30.3 Å². The van der Waals surface area contributed by atoms with Gasteiger partial charge in [0.15, 0.2) is 0 Å². The normalized spacial score (nSPS) is 21.0. The Bertz CT molecular complexity index is 366. The van der Waals surface area contributed by atoms with E-state index < -0.39 is 0 Å². The summed E-state index contributed by atoms with van der Waals surface area (Å²) in [6.07, 6.45) is 7.29. The van der Waals surface area contributed by atoms with Crippen LogP contribution < -0.4 is 5.32 Å². The van der Waals surface area contributed by atoms with Gasteiger partial charge >= 0.3 is 0 Å². The predicted octanol–water partition coefficient (Wildman–Crippen LogP) is 2.05. The van der Waals surface area contributed by atoms with E-state index in [1.807, 2.05) is 0 Å². The van der Waals surface area contributed by atoms with Crippen molar-refractivity contribution in [2.75, 3.05) is 26.2 Å². The summed E-state index contributed by atoms with van der Waals surface area (Å²) >= 11 is 0. The molecule has 0 radical (unpaired) electrons. The van der Waals surface area contributed by atoms with Crippen LogP contribution in [-0.4, -0.2) is 31.1 Å². The van der Waals surface area contributed by atoms with Crippen molar-refractivity contribution in [3.05, 3.63) is 35.9 Å². The van der Waals surface area contributed by atoms with E-state index in [9.17, 15) is 0 Å². The monoisotopic (exact) mass is 228 g/mol. The summed E-state index contributed by atoms with van der Waals surface area (Å²) in [5.74, 6) is 2.72. The molecule has 1 aromatic carbocycles. The predicted molar refractivity (Wildman–Crippen MR) is 71.7 cm³/mol. The fourth-order valence-electron chi connectivity index (χ4n) is 2.40. The fraction of sp³-hybridized carbons (Fsp3) is 0.467. The third-order valence-electron chi connectivity index (χ3n) is 3.31. The first-order valence-electron chi connectivity index (χ1n) is 6.35. The first-order valence-corrected chi connectivity index (χ1v) is 6.35. The van der Waals surface area contributed by atoms with Crippen LogP contribution in [0.25, 0.3) is 0 Å². The summed E-state index contributed by atoms with van der Waals surface area (Å²) in [5, 5.41) is 3.47. The molecule has 17 heavy (non-hydrogen) atoms. The van der Waals surface area contributed by atoms with Crippen molar-refractivity contribution in [2.24, 2.45) is 0 Å². The first kappa shape index (κ1) is 12.2. The molecule has 2 nitrogen and oxygen atoms in total. The van der Waals surface area contributed by atoms with Gasteiger partial charge in [0, 0.05) is 32.1 Å². The Hall–Kier alpha value is -1.30. The van der Waals surface area contributed by atoms with Crippen molar-refractivity contribution in [3.8, 4) is 12.3 Å². The van der Waals surface area contributed by atoms with Crippen molar-refractivity contribution >= 4 is 0 Å². The average molecular weight is 228 g/mol. The van der Waals surface area contributed by atoms with E-state index in [4.69, 9.17) is 6.42 Å². The van der Waals surface area contributed by atoms with Crippen molar-refractivity contribution in [2.45, 2.75) is 18.9 Å². The molecule has 0 saturated carbocycles. The molecule has 0 bridgehead atoms. The van der Waals surface area contributed by atoms with Crippen LogP contribution in [0.1, 0.15) is 24.4 Å². The Labute approximate surface area is 104 Å². The first-order chi connectivity index (χ1) is 8.42. The number of benzene rings is 1. The van der Waals surface area contributed by atoms with Crippen molar-refractivity contribution in [1.82, 2.24) is 10.2 Å². The quantitative estimate of drug-likeness (QED) is 0.627. The van der Waals surface area contributed by atoms with Crippen LogP contribution in [0.5, 0.6) is 0 Å². The lowest BCUT2D eigenvalue weighted by molar-refractivity contribution is 0.161. The van der Waals surface area contributed by atoms with Gasteiger partial charge in [0.2, 0.25) is 0 Å². The highest BCUT2D eigenvalue weighted by molar-refractivity contribution is 5.20. The smallest absolute Gasteiger partial charge is 0.0473 e. The van der Waals surface area contributed by atoms with Gasteiger partial charge in [0.1, 0.15) is 0 Å². The number of piperazine rings is 1. The highest BCUT2D eigenvalue weighted by atomic mass is 15.2. The second-order valence-corrected chi connectivity index (χ2v) is 4.47. The lowest BCUT2D eigenvalue weighted by atomic mass is 10.0. The zero-order valence-corrected chi connectivity index (χ0v) is 10.2. The second-order valence-electron chi connectivity index (χ2n) is 4.47. The van der Waals surface area contributed by atoms with Gasteiger partial charge in [0.05, 0.1) is 0 Å². The standard InChI is InChI=1S/C15H20N2/c1-2-3-7-11-17-12-10-16-13-15(17)14-8-5-4-6-9-14/h1,4-6,8-9,15-16H,3,7,10-13H2.